The number of anilines is 1. The van der Waals surface area contributed by atoms with Gasteiger partial charge in [0, 0.05) is 32.4 Å². The van der Waals surface area contributed by atoms with Crippen molar-refractivity contribution >= 4 is 23.5 Å². The van der Waals surface area contributed by atoms with E-state index in [2.05, 4.69) is 31.4 Å². The van der Waals surface area contributed by atoms with Gasteiger partial charge in [-0.1, -0.05) is 11.8 Å². The molecule has 1 aliphatic heterocycles. The second kappa shape index (κ2) is 7.53. The number of aryl methyl sites for hydroxylation is 1. The van der Waals surface area contributed by atoms with Crippen LogP contribution in [0, 0.1) is 11.3 Å². The molecule has 130 valence electrons. The van der Waals surface area contributed by atoms with Gasteiger partial charge in [0.2, 0.25) is 0 Å². The average Bonchev–Trinajstić information content (AvgIpc) is 3.07. The van der Waals surface area contributed by atoms with E-state index in [1.165, 1.54) is 11.8 Å². The summed E-state index contributed by atoms with van der Waals surface area (Å²) in [6, 6.07) is 3.84. The molecule has 3 heterocycles. The summed E-state index contributed by atoms with van der Waals surface area (Å²) in [7, 11) is 1.74. The maximum absolute atomic E-state index is 12.4. The van der Waals surface area contributed by atoms with Crippen LogP contribution in [-0.4, -0.2) is 51.0 Å². The van der Waals surface area contributed by atoms with Crippen LogP contribution in [0.3, 0.4) is 0 Å². The lowest BCUT2D eigenvalue weighted by Crippen LogP contribution is -2.48. The van der Waals surface area contributed by atoms with E-state index in [-0.39, 0.29) is 11.9 Å². The van der Waals surface area contributed by atoms with Crippen molar-refractivity contribution in [3.8, 4) is 6.07 Å². The lowest BCUT2D eigenvalue weighted by molar-refractivity contribution is 0.0923. The van der Waals surface area contributed by atoms with Gasteiger partial charge in [-0.15, -0.1) is 0 Å². The number of carbonyl (C=O) groups is 1. The van der Waals surface area contributed by atoms with Crippen molar-refractivity contribution in [1.29, 1.82) is 5.26 Å². The van der Waals surface area contributed by atoms with Gasteiger partial charge in [-0.05, 0) is 25.2 Å². The minimum absolute atomic E-state index is 0.00427. The zero-order valence-corrected chi connectivity index (χ0v) is 15.0. The van der Waals surface area contributed by atoms with Crippen LogP contribution >= 0.6 is 11.8 Å². The number of carbonyl (C=O) groups excluding carboxylic acids is 1. The van der Waals surface area contributed by atoms with Crippen LogP contribution < -0.4 is 10.2 Å². The Hall–Kier alpha value is -2.60. The quantitative estimate of drug-likeness (QED) is 0.648. The lowest BCUT2D eigenvalue weighted by Gasteiger charge is -2.34. The first-order chi connectivity index (χ1) is 12.1. The van der Waals surface area contributed by atoms with Crippen LogP contribution in [-0.2, 0) is 7.05 Å². The summed E-state index contributed by atoms with van der Waals surface area (Å²) in [4.78, 5) is 23.1. The number of nitrogens with zero attached hydrogens (tertiary/aromatic N) is 6. The molecule has 0 aromatic carbocycles. The zero-order chi connectivity index (χ0) is 17.8. The minimum atomic E-state index is -0.139. The largest absolute Gasteiger partial charge is 0.353 e. The number of piperidine rings is 1. The maximum atomic E-state index is 12.4. The van der Waals surface area contributed by atoms with Gasteiger partial charge in [-0.25, -0.2) is 9.97 Å². The molecule has 0 radical (unpaired) electrons. The smallest absolute Gasteiger partial charge is 0.269 e. The molecule has 25 heavy (non-hydrogen) atoms. The topological polar surface area (TPSA) is 99.7 Å². The standard InChI is InChI=1S/C16H19N7OS/c1-22-13(5-6-19-22)15(24)20-12-4-3-7-23(10-12)14-11(8-17)9-18-16(21-14)25-2/h5-6,9,12H,3-4,7,10H2,1-2H3,(H,20,24). The Morgan fingerprint density at radius 3 is 3.04 bits per heavy atom. The van der Waals surface area contributed by atoms with Crippen molar-refractivity contribution < 1.29 is 4.79 Å². The fraction of sp³-hybridized carbons (Fsp3) is 0.438. The van der Waals surface area contributed by atoms with Crippen LogP contribution in [0.15, 0.2) is 23.6 Å². The molecule has 2 aromatic heterocycles. The highest BCUT2D eigenvalue weighted by atomic mass is 32.2. The Morgan fingerprint density at radius 1 is 1.52 bits per heavy atom. The van der Waals surface area contributed by atoms with Crippen LogP contribution in [0.25, 0.3) is 0 Å². The molecule has 1 N–H and O–H groups in total. The average molecular weight is 357 g/mol. The summed E-state index contributed by atoms with van der Waals surface area (Å²) in [6.45, 7) is 1.42. The predicted octanol–water partition coefficient (Wildman–Crippen LogP) is 1.20. The third kappa shape index (κ3) is 3.74. The molecule has 1 atom stereocenters. The van der Waals surface area contributed by atoms with E-state index in [0.717, 1.165) is 19.4 Å². The minimum Gasteiger partial charge on any atom is -0.353 e. The second-order valence-electron chi connectivity index (χ2n) is 5.80. The van der Waals surface area contributed by atoms with E-state index in [9.17, 15) is 10.1 Å². The third-order valence-corrected chi connectivity index (χ3v) is 4.72. The maximum Gasteiger partial charge on any atom is 0.269 e. The van der Waals surface area contributed by atoms with Gasteiger partial charge in [0.1, 0.15) is 17.3 Å². The first-order valence-corrected chi connectivity index (χ1v) is 9.19. The summed E-state index contributed by atoms with van der Waals surface area (Å²) in [6.07, 6.45) is 6.87. The fourth-order valence-corrected chi connectivity index (χ4v) is 3.25. The first-order valence-electron chi connectivity index (χ1n) is 7.97. The van der Waals surface area contributed by atoms with E-state index in [4.69, 9.17) is 0 Å². The number of nitrogens with one attached hydrogen (secondary N) is 1. The Bertz CT molecular complexity index is 813. The molecular formula is C16H19N7OS. The zero-order valence-electron chi connectivity index (χ0n) is 14.1. The molecule has 2 aromatic rings. The summed E-state index contributed by atoms with van der Waals surface area (Å²) in [5, 5.41) is 17.1. The summed E-state index contributed by atoms with van der Waals surface area (Å²) in [5.41, 5.74) is 0.984. The molecular weight excluding hydrogens is 338 g/mol. The van der Waals surface area contributed by atoms with Crippen molar-refractivity contribution in [3.63, 3.8) is 0 Å². The molecule has 0 aliphatic carbocycles. The van der Waals surface area contributed by atoms with Crippen LogP contribution in [0.5, 0.6) is 0 Å². The molecule has 1 unspecified atom stereocenters. The number of amides is 1. The molecule has 8 nitrogen and oxygen atoms in total. The van der Waals surface area contributed by atoms with Crippen LogP contribution in [0.4, 0.5) is 5.82 Å². The normalized spacial score (nSPS) is 17.2. The Labute approximate surface area is 150 Å². The van der Waals surface area contributed by atoms with Crippen molar-refractivity contribution in [2.75, 3.05) is 24.2 Å². The molecule has 0 bridgehead atoms. The molecule has 9 heteroatoms. The molecule has 1 aliphatic rings. The second-order valence-corrected chi connectivity index (χ2v) is 6.58. The lowest BCUT2D eigenvalue weighted by atomic mass is 10.0. The molecule has 3 rings (SSSR count). The van der Waals surface area contributed by atoms with Gasteiger partial charge in [-0.3, -0.25) is 9.48 Å². The van der Waals surface area contributed by atoms with Crippen molar-refractivity contribution in [2.45, 2.75) is 24.0 Å². The van der Waals surface area contributed by atoms with Crippen molar-refractivity contribution in [2.24, 2.45) is 7.05 Å². The highest BCUT2D eigenvalue weighted by molar-refractivity contribution is 7.98. The summed E-state index contributed by atoms with van der Waals surface area (Å²) in [5.74, 6) is 0.501. The SMILES string of the molecule is CSc1ncc(C#N)c(N2CCCC(NC(=O)c3ccnn3C)C2)n1. The van der Waals surface area contributed by atoms with Gasteiger partial charge < -0.3 is 10.2 Å². The summed E-state index contributed by atoms with van der Waals surface area (Å²) < 4.78 is 1.55. The van der Waals surface area contributed by atoms with E-state index < -0.39 is 0 Å². The highest BCUT2D eigenvalue weighted by Crippen LogP contribution is 2.23. The van der Waals surface area contributed by atoms with E-state index in [1.807, 2.05) is 6.26 Å². The molecule has 1 fully saturated rings. The number of hydrogen-bond donors (Lipinski definition) is 1. The number of hydrogen-bond acceptors (Lipinski definition) is 7. The van der Waals surface area contributed by atoms with Crippen molar-refractivity contribution in [1.82, 2.24) is 25.1 Å². The van der Waals surface area contributed by atoms with Gasteiger partial charge in [0.25, 0.3) is 5.91 Å². The highest BCUT2D eigenvalue weighted by Gasteiger charge is 2.25. The summed E-state index contributed by atoms with van der Waals surface area (Å²) >= 11 is 1.44. The fourth-order valence-electron chi connectivity index (χ4n) is 2.92. The first kappa shape index (κ1) is 17.2. The Morgan fingerprint density at radius 2 is 2.36 bits per heavy atom. The molecule has 0 saturated carbocycles. The number of aromatic nitrogens is 4. The van der Waals surface area contributed by atoms with Gasteiger partial charge in [0.05, 0.1) is 6.20 Å². The number of thioether (sulfide) groups is 1. The Balaban J connectivity index is 1.74. The number of rotatable bonds is 4. The Kier molecular flexibility index (Phi) is 5.19. The van der Waals surface area contributed by atoms with Gasteiger partial charge in [0.15, 0.2) is 11.0 Å². The predicted molar refractivity (Wildman–Crippen MR) is 94.4 cm³/mol. The van der Waals surface area contributed by atoms with E-state index in [1.54, 1.807) is 30.2 Å². The van der Waals surface area contributed by atoms with E-state index >= 15 is 0 Å². The molecule has 1 amide bonds. The van der Waals surface area contributed by atoms with Crippen LogP contribution in [0.2, 0.25) is 0 Å². The molecule has 1 saturated heterocycles. The monoisotopic (exact) mass is 357 g/mol. The van der Waals surface area contributed by atoms with Gasteiger partial charge in [-0.2, -0.15) is 10.4 Å². The number of nitriles is 1. The van der Waals surface area contributed by atoms with Crippen molar-refractivity contribution in [3.05, 3.63) is 29.7 Å². The third-order valence-electron chi connectivity index (χ3n) is 4.16. The van der Waals surface area contributed by atoms with Crippen LogP contribution in [0.1, 0.15) is 28.9 Å². The van der Waals surface area contributed by atoms with E-state index in [0.29, 0.717) is 28.8 Å². The molecule has 0 spiro atoms. The van der Waals surface area contributed by atoms with Gasteiger partial charge >= 0.3 is 0 Å².